The van der Waals surface area contributed by atoms with Gasteiger partial charge in [0.1, 0.15) is 17.8 Å². The number of nitrogens with two attached hydrogens (primary N) is 1. The van der Waals surface area contributed by atoms with Gasteiger partial charge in [-0.3, -0.25) is 4.79 Å². The minimum absolute atomic E-state index is 0.0405. The smallest absolute Gasteiger partial charge is 0.163 e. The van der Waals surface area contributed by atoms with E-state index in [2.05, 4.69) is 79.6 Å². The Hall–Kier alpha value is -3.53. The van der Waals surface area contributed by atoms with Crippen molar-refractivity contribution in [3.05, 3.63) is 93.9 Å². The number of epoxide rings is 1. The molecule has 430 valence electrons. The number of aliphatic hydroxyl groups is 5. The topological polar surface area (TPSA) is 178 Å². The Morgan fingerprint density at radius 3 is 2.55 bits per heavy atom. The Morgan fingerprint density at radius 1 is 0.963 bits per heavy atom. The molecular formula is C70H92N2O8. The number of aryl methyl sites for hydroxylation is 1. The molecule has 0 radical (unpaired) electrons. The normalized spacial score (nSPS) is 48.2. The summed E-state index contributed by atoms with van der Waals surface area (Å²) in [5, 5.41) is 67.1. The summed E-state index contributed by atoms with van der Waals surface area (Å²) in [7, 11) is 0. The Bertz CT molecular complexity index is 3010. The molecule has 10 heteroatoms. The second-order valence-corrected chi connectivity index (χ2v) is 30.8. The Kier molecular flexibility index (Phi) is 11.8. The summed E-state index contributed by atoms with van der Waals surface area (Å²) in [6.45, 7) is 9.62. The van der Waals surface area contributed by atoms with Crippen LogP contribution in [0.3, 0.4) is 0 Å². The van der Waals surface area contributed by atoms with Crippen molar-refractivity contribution in [2.24, 2.45) is 91.0 Å². The van der Waals surface area contributed by atoms with E-state index in [-0.39, 0.29) is 59.9 Å². The van der Waals surface area contributed by atoms with Gasteiger partial charge in [-0.05, 0) is 209 Å². The average Bonchev–Trinajstić information content (AvgIpc) is 3.24. The third-order valence-electron chi connectivity index (χ3n) is 27.5. The summed E-state index contributed by atoms with van der Waals surface area (Å²) in [4.78, 5) is 16.9. The number of allylic oxidation sites excluding steroid dienone is 5. The monoisotopic (exact) mass is 1090 g/mol. The fraction of sp³-hybridized carbons (Fsp3) is 0.729. The SMILES string of the molecule is CC1CCOC(C2OC2C(C)(O)C(C)(CO)CCC2=CCNC(N)=C2)(C2CC3CCC4=C5C6C(CCc7ccccc7CC#CC7C8(CCC9(CCCC9)C8)CC89C=CC%10C(O)CC78C6(CC(CCO)=C9)C%10C4=O)CC2(C)C53O)C1. The highest BCUT2D eigenvalue weighted by molar-refractivity contribution is 6.01. The van der Waals surface area contributed by atoms with Crippen LogP contribution in [0.5, 0.6) is 0 Å². The zero-order chi connectivity index (χ0) is 55.3. The summed E-state index contributed by atoms with van der Waals surface area (Å²) >= 11 is 0. The Labute approximate surface area is 476 Å². The van der Waals surface area contributed by atoms with E-state index in [1.54, 1.807) is 0 Å². The highest BCUT2D eigenvalue weighted by Gasteiger charge is 2.87. The zero-order valence-electron chi connectivity index (χ0n) is 48.5. The maximum atomic E-state index is 16.9. The van der Waals surface area contributed by atoms with Crippen LogP contribution in [0.25, 0.3) is 0 Å². The third kappa shape index (κ3) is 6.67. The number of carbonyl (C=O) groups excluding carboxylic acids is 1. The first kappa shape index (κ1) is 53.2. The summed E-state index contributed by atoms with van der Waals surface area (Å²) < 4.78 is 14.6. The van der Waals surface area contributed by atoms with Gasteiger partial charge in [0, 0.05) is 65.6 Å². The molecule has 6 saturated carbocycles. The predicted octanol–water partition coefficient (Wildman–Crippen LogP) is 9.66. The first-order valence-electron chi connectivity index (χ1n) is 32.1. The molecule has 20 atom stereocenters. The number of Topliss-reactive ketones (excluding diaryl/α,β-unsaturated/α-hetero) is 1. The lowest BCUT2D eigenvalue weighted by molar-refractivity contribution is -0.242. The molecule has 0 amide bonds. The van der Waals surface area contributed by atoms with Gasteiger partial charge in [0.25, 0.3) is 0 Å². The number of hydrogen-bond donors (Lipinski definition) is 7. The van der Waals surface area contributed by atoms with Gasteiger partial charge >= 0.3 is 0 Å². The second-order valence-electron chi connectivity index (χ2n) is 30.8. The molecule has 1 aromatic carbocycles. The predicted molar refractivity (Wildman–Crippen MR) is 307 cm³/mol. The number of ketones is 1. The van der Waals surface area contributed by atoms with Gasteiger partial charge in [0.15, 0.2) is 5.78 Å². The van der Waals surface area contributed by atoms with Crippen molar-refractivity contribution >= 4 is 5.78 Å². The van der Waals surface area contributed by atoms with Crippen molar-refractivity contribution in [3.8, 4) is 11.8 Å². The van der Waals surface area contributed by atoms with Crippen LogP contribution in [-0.2, 0) is 27.1 Å². The van der Waals surface area contributed by atoms with E-state index in [4.69, 9.17) is 15.2 Å². The summed E-state index contributed by atoms with van der Waals surface area (Å²) in [5.74, 6) is 8.16. The van der Waals surface area contributed by atoms with Crippen molar-refractivity contribution in [1.82, 2.24) is 5.32 Å². The maximum Gasteiger partial charge on any atom is 0.163 e. The molecule has 2 saturated heterocycles. The molecule has 8 fully saturated rings. The fourth-order valence-corrected chi connectivity index (χ4v) is 24.2. The molecule has 15 aliphatic rings. The van der Waals surface area contributed by atoms with E-state index >= 15 is 9.90 Å². The minimum atomic E-state index is -1.42. The van der Waals surface area contributed by atoms with E-state index in [0.717, 1.165) is 74.5 Å². The summed E-state index contributed by atoms with van der Waals surface area (Å²) in [6.07, 6.45) is 29.3. The van der Waals surface area contributed by atoms with Crippen LogP contribution in [0.2, 0.25) is 0 Å². The number of rotatable bonds is 10. The first-order chi connectivity index (χ1) is 38.3. The van der Waals surface area contributed by atoms with Gasteiger partial charge in [-0.15, -0.1) is 0 Å². The quantitative estimate of drug-likeness (QED) is 0.0678. The molecule has 3 aliphatic heterocycles. The maximum absolute atomic E-state index is 16.9. The summed E-state index contributed by atoms with van der Waals surface area (Å²) in [6, 6.07) is 9.00. The van der Waals surface area contributed by atoms with Crippen molar-refractivity contribution in [2.75, 3.05) is 26.4 Å². The van der Waals surface area contributed by atoms with Crippen LogP contribution >= 0.6 is 0 Å². The molecule has 0 aromatic heterocycles. The molecule has 8 N–H and O–H groups in total. The minimum Gasteiger partial charge on any atom is -0.396 e. The van der Waals surface area contributed by atoms with Crippen LogP contribution in [0, 0.1) is 97.1 Å². The van der Waals surface area contributed by atoms with Crippen LogP contribution < -0.4 is 11.1 Å². The number of dihydropyridines is 1. The molecule has 3 heterocycles. The number of hydrogen-bond acceptors (Lipinski definition) is 10. The molecule has 1 aromatic rings. The molecule has 20 unspecified atom stereocenters. The molecule has 12 aliphatic carbocycles. The van der Waals surface area contributed by atoms with E-state index < -0.39 is 68.1 Å². The zero-order valence-corrected chi connectivity index (χ0v) is 48.5. The Morgan fingerprint density at radius 2 is 1.77 bits per heavy atom. The highest BCUT2D eigenvalue weighted by Crippen LogP contribution is 2.89. The number of carbonyl (C=O) groups is 1. The molecule has 4 spiro atoms. The Balaban J connectivity index is 0.916. The van der Waals surface area contributed by atoms with Crippen molar-refractivity contribution in [1.29, 1.82) is 0 Å². The van der Waals surface area contributed by atoms with Gasteiger partial charge in [-0.2, -0.15) is 0 Å². The second kappa shape index (κ2) is 17.8. The van der Waals surface area contributed by atoms with Gasteiger partial charge in [0.05, 0.1) is 29.7 Å². The van der Waals surface area contributed by atoms with E-state index in [1.165, 1.54) is 48.8 Å². The lowest BCUT2D eigenvalue weighted by Gasteiger charge is -2.74. The number of fused-ring (bicyclic) bond motifs is 3. The van der Waals surface area contributed by atoms with E-state index in [0.29, 0.717) is 81.7 Å². The van der Waals surface area contributed by atoms with Crippen LogP contribution in [0.4, 0.5) is 0 Å². The van der Waals surface area contributed by atoms with E-state index in [1.807, 2.05) is 19.9 Å². The third-order valence-corrected chi connectivity index (χ3v) is 27.5. The van der Waals surface area contributed by atoms with Gasteiger partial charge in [-0.25, -0.2) is 0 Å². The standard InChI is InChI=1S/C70H92N2O8/c1-42-22-31-79-68(34-42,60-59(80-60)63(4,77)61(2,41-74)25-18-43-20-29-72-54(71)32-43)53-33-48-16-17-50-56-55-47(37-62(53,3)70(48,56)78)15-14-46-11-6-5-10-45(46)12-9-13-52-65(28-27-64(39-65)23-7-8-24-64)40-66-26-19-49-51(75)38-69(52,66)67(55,57(49)58(50)76)36-44(35-66)21-30-73/h5-6,10-11,19-20,26,32,35,42,47-49,51-53,55,57,59-60,72-75,77-78H,7-8,12,14-18,21-25,27-31,33-34,36-41,71H2,1-4H3. The van der Waals surface area contributed by atoms with Gasteiger partial charge in [0.2, 0.25) is 0 Å². The number of ether oxygens (including phenoxy) is 2. The first-order valence-corrected chi connectivity index (χ1v) is 32.1. The average molecular weight is 1090 g/mol. The largest absolute Gasteiger partial charge is 0.396 e. The van der Waals surface area contributed by atoms with E-state index in [9.17, 15) is 20.4 Å². The number of aliphatic hydroxyl groups excluding tert-OH is 3. The fourth-order valence-electron chi connectivity index (χ4n) is 24.2. The van der Waals surface area contributed by atoms with Crippen LogP contribution in [0.15, 0.2) is 82.8 Å². The van der Waals surface area contributed by atoms with Crippen LogP contribution in [0.1, 0.15) is 167 Å². The molecular weight excluding hydrogens is 997 g/mol. The number of benzene rings is 1. The highest BCUT2D eigenvalue weighted by atomic mass is 16.6. The van der Waals surface area contributed by atoms with Crippen molar-refractivity contribution < 1.29 is 39.8 Å². The lowest BCUT2D eigenvalue weighted by Crippen LogP contribution is -2.74. The van der Waals surface area contributed by atoms with Gasteiger partial charge < -0.3 is 46.1 Å². The lowest BCUT2D eigenvalue weighted by atomic mass is 9.28. The molecule has 80 heavy (non-hydrogen) atoms. The molecule has 4 bridgehead atoms. The molecule has 10 nitrogen and oxygen atoms in total. The molecule has 16 rings (SSSR count). The van der Waals surface area contributed by atoms with Gasteiger partial charge in [-0.1, -0.05) is 99.6 Å². The van der Waals surface area contributed by atoms with Crippen molar-refractivity contribution in [3.63, 3.8) is 0 Å². The van der Waals surface area contributed by atoms with Crippen LogP contribution in [-0.4, -0.2) is 92.8 Å². The van der Waals surface area contributed by atoms with Crippen molar-refractivity contribution in [2.45, 2.75) is 204 Å². The summed E-state index contributed by atoms with van der Waals surface area (Å²) in [5.41, 5.74) is 6.30. The number of nitrogens with one attached hydrogen (secondary N) is 1.